The van der Waals surface area contributed by atoms with E-state index in [2.05, 4.69) is 10.2 Å². The number of sulfone groups is 1. The molecule has 1 saturated heterocycles. The van der Waals surface area contributed by atoms with Crippen molar-refractivity contribution in [2.24, 2.45) is 0 Å². The fourth-order valence-corrected chi connectivity index (χ4v) is 3.81. The monoisotopic (exact) mass is 360 g/mol. The Kier molecular flexibility index (Phi) is 6.83. The lowest BCUT2D eigenvalue weighted by Crippen LogP contribution is -2.41. The maximum absolute atomic E-state index is 12.1. The van der Waals surface area contributed by atoms with E-state index in [1.54, 1.807) is 12.1 Å². The lowest BCUT2D eigenvalue weighted by molar-refractivity contribution is -0.120. The summed E-state index contributed by atoms with van der Waals surface area (Å²) in [7, 11) is -3.50. The second-order valence-electron chi connectivity index (χ2n) is 5.33. The van der Waals surface area contributed by atoms with Crippen LogP contribution in [0.15, 0.2) is 29.2 Å². The molecule has 1 aromatic rings. The van der Waals surface area contributed by atoms with E-state index in [-0.39, 0.29) is 23.0 Å². The SMILES string of the molecule is O=C(CCS(=O)(=O)c1cccc(Cl)c1)NCCN1CCOCC1. The van der Waals surface area contributed by atoms with Gasteiger partial charge in [-0.1, -0.05) is 17.7 Å². The molecular formula is C15H21ClN2O4S. The number of rotatable bonds is 7. The molecule has 0 aliphatic carbocycles. The van der Waals surface area contributed by atoms with Gasteiger partial charge < -0.3 is 10.1 Å². The highest BCUT2D eigenvalue weighted by Gasteiger charge is 2.17. The van der Waals surface area contributed by atoms with E-state index >= 15 is 0 Å². The molecule has 1 aliphatic rings. The van der Waals surface area contributed by atoms with Crippen LogP contribution in [0.5, 0.6) is 0 Å². The summed E-state index contributed by atoms with van der Waals surface area (Å²) in [6.45, 7) is 4.40. The smallest absolute Gasteiger partial charge is 0.221 e. The summed E-state index contributed by atoms with van der Waals surface area (Å²) in [6.07, 6.45) is -0.0576. The topological polar surface area (TPSA) is 75.7 Å². The van der Waals surface area contributed by atoms with Crippen molar-refractivity contribution in [2.45, 2.75) is 11.3 Å². The molecule has 0 bridgehead atoms. The maximum Gasteiger partial charge on any atom is 0.221 e. The van der Waals surface area contributed by atoms with E-state index in [0.29, 0.717) is 24.8 Å². The summed E-state index contributed by atoms with van der Waals surface area (Å²) >= 11 is 5.80. The van der Waals surface area contributed by atoms with Gasteiger partial charge in [0.05, 0.1) is 23.9 Å². The predicted molar refractivity (Wildman–Crippen MR) is 88.4 cm³/mol. The highest BCUT2D eigenvalue weighted by Crippen LogP contribution is 2.17. The molecule has 0 saturated carbocycles. The van der Waals surface area contributed by atoms with Gasteiger partial charge in [-0.15, -0.1) is 0 Å². The Labute approximate surface area is 141 Å². The van der Waals surface area contributed by atoms with Gasteiger partial charge in [0, 0.05) is 37.6 Å². The Morgan fingerprint density at radius 3 is 2.74 bits per heavy atom. The minimum absolute atomic E-state index is 0.0576. The molecule has 1 aliphatic heterocycles. The second kappa shape index (κ2) is 8.63. The van der Waals surface area contributed by atoms with Gasteiger partial charge in [-0.2, -0.15) is 0 Å². The number of nitrogens with one attached hydrogen (secondary N) is 1. The van der Waals surface area contributed by atoms with Crippen LogP contribution in [0, 0.1) is 0 Å². The number of morpholine rings is 1. The molecule has 0 aromatic heterocycles. The van der Waals surface area contributed by atoms with Gasteiger partial charge in [0.1, 0.15) is 0 Å². The predicted octanol–water partition coefficient (Wildman–Crippen LogP) is 0.952. The zero-order valence-electron chi connectivity index (χ0n) is 12.8. The number of ether oxygens (including phenoxy) is 1. The third kappa shape index (κ3) is 6.10. The van der Waals surface area contributed by atoms with Gasteiger partial charge in [-0.05, 0) is 18.2 Å². The van der Waals surface area contributed by atoms with Crippen LogP contribution in [0.4, 0.5) is 0 Å². The highest BCUT2D eigenvalue weighted by atomic mass is 35.5. The lowest BCUT2D eigenvalue weighted by atomic mass is 10.4. The number of amides is 1. The third-order valence-electron chi connectivity index (χ3n) is 3.61. The summed E-state index contributed by atoms with van der Waals surface area (Å²) in [5.41, 5.74) is 0. The Bertz CT molecular complexity index is 630. The molecule has 0 radical (unpaired) electrons. The first kappa shape index (κ1) is 18.2. The molecule has 0 unspecified atom stereocenters. The zero-order valence-corrected chi connectivity index (χ0v) is 14.4. The molecule has 23 heavy (non-hydrogen) atoms. The van der Waals surface area contributed by atoms with E-state index in [9.17, 15) is 13.2 Å². The minimum Gasteiger partial charge on any atom is -0.379 e. The average molecular weight is 361 g/mol. The van der Waals surface area contributed by atoms with Crippen LogP contribution in [0.1, 0.15) is 6.42 Å². The molecular weight excluding hydrogens is 340 g/mol. The summed E-state index contributed by atoms with van der Waals surface area (Å²) in [5.74, 6) is -0.486. The second-order valence-corrected chi connectivity index (χ2v) is 7.88. The summed E-state index contributed by atoms with van der Waals surface area (Å²) in [4.78, 5) is 14.1. The largest absolute Gasteiger partial charge is 0.379 e. The van der Waals surface area contributed by atoms with Gasteiger partial charge in [0.25, 0.3) is 0 Å². The molecule has 1 aromatic carbocycles. The minimum atomic E-state index is -3.50. The van der Waals surface area contributed by atoms with E-state index in [1.807, 2.05) is 0 Å². The van der Waals surface area contributed by atoms with Gasteiger partial charge in [0.15, 0.2) is 9.84 Å². The van der Waals surface area contributed by atoms with Crippen LogP contribution >= 0.6 is 11.6 Å². The van der Waals surface area contributed by atoms with E-state index in [1.165, 1.54) is 12.1 Å². The molecule has 1 heterocycles. The van der Waals surface area contributed by atoms with Crippen molar-refractivity contribution in [3.8, 4) is 0 Å². The van der Waals surface area contributed by atoms with Crippen LogP contribution in [0.2, 0.25) is 5.02 Å². The van der Waals surface area contributed by atoms with E-state index in [0.717, 1.165) is 19.6 Å². The summed E-state index contributed by atoms with van der Waals surface area (Å²) < 4.78 is 29.5. The van der Waals surface area contributed by atoms with Crippen molar-refractivity contribution in [3.05, 3.63) is 29.3 Å². The number of hydrogen-bond acceptors (Lipinski definition) is 5. The third-order valence-corrected chi connectivity index (χ3v) is 5.56. The van der Waals surface area contributed by atoms with Crippen molar-refractivity contribution >= 4 is 27.3 Å². The number of nitrogens with zero attached hydrogens (tertiary/aromatic N) is 1. The Morgan fingerprint density at radius 1 is 1.30 bits per heavy atom. The van der Waals surface area contributed by atoms with Crippen LogP contribution in [0.3, 0.4) is 0 Å². The summed E-state index contributed by atoms with van der Waals surface area (Å²) in [6, 6.07) is 6.07. The van der Waals surface area contributed by atoms with Gasteiger partial charge >= 0.3 is 0 Å². The van der Waals surface area contributed by atoms with Crippen LogP contribution < -0.4 is 5.32 Å². The van der Waals surface area contributed by atoms with Crippen molar-refractivity contribution in [1.29, 1.82) is 0 Å². The Balaban J connectivity index is 1.73. The molecule has 1 amide bonds. The first-order valence-corrected chi connectivity index (χ1v) is 9.55. The molecule has 6 nitrogen and oxygen atoms in total. The molecule has 1 fully saturated rings. The number of halogens is 1. The first-order chi connectivity index (χ1) is 11.0. The van der Waals surface area contributed by atoms with Crippen molar-refractivity contribution in [1.82, 2.24) is 10.2 Å². The van der Waals surface area contributed by atoms with E-state index in [4.69, 9.17) is 16.3 Å². The van der Waals surface area contributed by atoms with Crippen molar-refractivity contribution in [2.75, 3.05) is 45.1 Å². The van der Waals surface area contributed by atoms with Crippen LogP contribution in [-0.2, 0) is 19.4 Å². The van der Waals surface area contributed by atoms with Crippen molar-refractivity contribution < 1.29 is 17.9 Å². The number of carbonyl (C=O) groups excluding carboxylic acids is 1. The molecule has 0 spiro atoms. The lowest BCUT2D eigenvalue weighted by Gasteiger charge is -2.26. The fourth-order valence-electron chi connectivity index (χ4n) is 2.27. The van der Waals surface area contributed by atoms with Gasteiger partial charge in [0.2, 0.25) is 5.91 Å². The number of benzene rings is 1. The molecule has 0 atom stereocenters. The van der Waals surface area contributed by atoms with Crippen LogP contribution in [-0.4, -0.2) is 64.4 Å². The standard InChI is InChI=1S/C15H21ClN2O4S/c16-13-2-1-3-14(12-13)23(20,21)11-4-15(19)17-5-6-18-7-9-22-10-8-18/h1-3,12H,4-11H2,(H,17,19). The van der Waals surface area contributed by atoms with Crippen molar-refractivity contribution in [3.63, 3.8) is 0 Å². The highest BCUT2D eigenvalue weighted by molar-refractivity contribution is 7.91. The fraction of sp³-hybridized carbons (Fsp3) is 0.533. The van der Waals surface area contributed by atoms with E-state index < -0.39 is 9.84 Å². The van der Waals surface area contributed by atoms with Gasteiger partial charge in [-0.25, -0.2) is 8.42 Å². The summed E-state index contributed by atoms with van der Waals surface area (Å²) in [5, 5.41) is 3.12. The average Bonchev–Trinajstić information content (AvgIpc) is 2.54. The number of carbonyl (C=O) groups is 1. The molecule has 1 N–H and O–H groups in total. The first-order valence-electron chi connectivity index (χ1n) is 7.52. The quantitative estimate of drug-likeness (QED) is 0.783. The Morgan fingerprint density at radius 2 is 2.04 bits per heavy atom. The maximum atomic E-state index is 12.1. The molecule has 128 valence electrons. The molecule has 8 heteroatoms. The van der Waals surface area contributed by atoms with Gasteiger partial charge in [-0.3, -0.25) is 9.69 Å². The number of hydrogen-bond donors (Lipinski definition) is 1. The van der Waals surface area contributed by atoms with Crippen LogP contribution in [0.25, 0.3) is 0 Å². The molecule has 2 rings (SSSR count). The zero-order chi connectivity index (χ0) is 16.7. The normalized spacial score (nSPS) is 16.2. The Hall–Kier alpha value is -1.15.